The topological polar surface area (TPSA) is 71.3 Å². The number of carbonyl (C=O) groups excluding carboxylic acids is 1. The van der Waals surface area contributed by atoms with E-state index in [1.165, 1.54) is 0 Å². The van der Waals surface area contributed by atoms with Crippen LogP contribution >= 0.6 is 11.6 Å². The van der Waals surface area contributed by atoms with Crippen molar-refractivity contribution in [2.75, 3.05) is 18.4 Å². The first-order valence-electron chi connectivity index (χ1n) is 10.2. The van der Waals surface area contributed by atoms with Crippen LogP contribution in [0, 0.1) is 19.8 Å². The van der Waals surface area contributed by atoms with Crippen LogP contribution in [0.1, 0.15) is 29.9 Å². The van der Waals surface area contributed by atoms with E-state index in [1.54, 1.807) is 0 Å². The SMILES string of the molecule is Cc1cccc(-c2noc(CN3CCC(C(=O)Nc4cccc(Cl)c4C)CC3)n2)c1. The molecule has 7 heteroatoms. The maximum Gasteiger partial charge on any atom is 0.241 e. The van der Waals surface area contributed by atoms with Gasteiger partial charge in [-0.2, -0.15) is 4.98 Å². The van der Waals surface area contributed by atoms with Crippen LogP contribution in [-0.4, -0.2) is 34.0 Å². The van der Waals surface area contributed by atoms with E-state index in [0.717, 1.165) is 48.3 Å². The molecule has 2 aromatic carbocycles. The molecule has 0 spiro atoms. The quantitative estimate of drug-likeness (QED) is 0.633. The third-order valence-corrected chi connectivity index (χ3v) is 6.00. The Kier molecular flexibility index (Phi) is 6.16. The molecule has 1 amide bonds. The van der Waals surface area contributed by atoms with E-state index in [-0.39, 0.29) is 11.8 Å². The van der Waals surface area contributed by atoms with Crippen molar-refractivity contribution in [3.05, 3.63) is 64.5 Å². The smallest absolute Gasteiger partial charge is 0.241 e. The Labute approximate surface area is 181 Å². The van der Waals surface area contributed by atoms with E-state index in [1.807, 2.05) is 56.3 Å². The third-order valence-electron chi connectivity index (χ3n) is 5.59. The molecule has 1 aliphatic rings. The molecule has 30 heavy (non-hydrogen) atoms. The summed E-state index contributed by atoms with van der Waals surface area (Å²) in [4.78, 5) is 19.5. The van der Waals surface area contributed by atoms with Gasteiger partial charge in [-0.1, -0.05) is 46.6 Å². The van der Waals surface area contributed by atoms with Crippen molar-refractivity contribution < 1.29 is 9.32 Å². The number of aryl methyl sites for hydroxylation is 1. The van der Waals surface area contributed by atoms with Crippen LogP contribution in [0.2, 0.25) is 5.02 Å². The third kappa shape index (κ3) is 4.71. The van der Waals surface area contributed by atoms with E-state index in [9.17, 15) is 4.79 Å². The summed E-state index contributed by atoms with van der Waals surface area (Å²) in [7, 11) is 0. The fraction of sp³-hybridized carbons (Fsp3) is 0.348. The molecule has 0 atom stereocenters. The lowest BCUT2D eigenvalue weighted by molar-refractivity contribution is -0.121. The summed E-state index contributed by atoms with van der Waals surface area (Å²) < 4.78 is 5.44. The van der Waals surface area contributed by atoms with Crippen LogP contribution < -0.4 is 5.32 Å². The number of halogens is 1. The Morgan fingerprint density at radius 1 is 1.20 bits per heavy atom. The largest absolute Gasteiger partial charge is 0.338 e. The van der Waals surface area contributed by atoms with Crippen molar-refractivity contribution >= 4 is 23.2 Å². The van der Waals surface area contributed by atoms with Crippen LogP contribution in [0.4, 0.5) is 5.69 Å². The monoisotopic (exact) mass is 424 g/mol. The molecular weight excluding hydrogens is 400 g/mol. The number of carbonyl (C=O) groups is 1. The Morgan fingerprint density at radius 3 is 2.73 bits per heavy atom. The molecule has 2 heterocycles. The molecule has 1 aromatic heterocycles. The lowest BCUT2D eigenvalue weighted by Crippen LogP contribution is -2.37. The van der Waals surface area contributed by atoms with Crippen molar-refractivity contribution in [3.63, 3.8) is 0 Å². The number of aromatic nitrogens is 2. The molecule has 156 valence electrons. The zero-order chi connectivity index (χ0) is 21.1. The summed E-state index contributed by atoms with van der Waals surface area (Å²) in [5.74, 6) is 1.26. The lowest BCUT2D eigenvalue weighted by atomic mass is 9.95. The summed E-state index contributed by atoms with van der Waals surface area (Å²) >= 11 is 6.15. The number of benzene rings is 2. The van der Waals surface area contributed by atoms with Crippen molar-refractivity contribution in [3.8, 4) is 11.4 Å². The Bertz CT molecular complexity index is 1040. The minimum atomic E-state index is -0.00910. The zero-order valence-electron chi connectivity index (χ0n) is 17.2. The van der Waals surface area contributed by atoms with E-state index in [2.05, 4.69) is 20.4 Å². The van der Waals surface area contributed by atoms with Gasteiger partial charge in [-0.25, -0.2) is 0 Å². The Morgan fingerprint density at radius 2 is 1.97 bits per heavy atom. The molecule has 6 nitrogen and oxygen atoms in total. The summed E-state index contributed by atoms with van der Waals surface area (Å²) in [5, 5.41) is 7.80. The molecule has 1 saturated heterocycles. The highest BCUT2D eigenvalue weighted by Gasteiger charge is 2.26. The van der Waals surface area contributed by atoms with E-state index in [4.69, 9.17) is 16.1 Å². The molecule has 1 aliphatic heterocycles. The summed E-state index contributed by atoms with van der Waals surface area (Å²) in [6.07, 6.45) is 1.59. The standard InChI is InChI=1S/C23H25ClN4O2/c1-15-5-3-6-18(13-15)22-26-21(30-27-22)14-28-11-9-17(10-12-28)23(29)25-20-8-4-7-19(24)16(20)2/h3-8,13,17H,9-12,14H2,1-2H3,(H,25,29). The number of piperidine rings is 1. The first-order chi connectivity index (χ1) is 14.5. The fourth-order valence-electron chi connectivity index (χ4n) is 3.74. The van der Waals surface area contributed by atoms with Crippen molar-refractivity contribution in [2.45, 2.75) is 33.2 Å². The molecule has 0 aliphatic carbocycles. The van der Waals surface area contributed by atoms with Crippen LogP contribution in [0.15, 0.2) is 47.0 Å². The maximum atomic E-state index is 12.7. The molecule has 0 saturated carbocycles. The van der Waals surface area contributed by atoms with E-state index >= 15 is 0 Å². The predicted molar refractivity (Wildman–Crippen MR) is 117 cm³/mol. The minimum absolute atomic E-state index is 0.00910. The van der Waals surface area contributed by atoms with Gasteiger partial charge in [0.25, 0.3) is 0 Å². The number of nitrogens with one attached hydrogen (secondary N) is 1. The summed E-state index contributed by atoms with van der Waals surface area (Å²) in [6.45, 7) is 6.18. The van der Waals surface area contributed by atoms with Gasteiger partial charge in [0, 0.05) is 22.2 Å². The van der Waals surface area contributed by atoms with Crippen LogP contribution in [-0.2, 0) is 11.3 Å². The van der Waals surface area contributed by atoms with Gasteiger partial charge in [-0.15, -0.1) is 0 Å². The predicted octanol–water partition coefficient (Wildman–Crippen LogP) is 4.86. The molecule has 1 N–H and O–H groups in total. The number of rotatable bonds is 5. The van der Waals surface area contributed by atoms with Crippen molar-refractivity contribution in [2.24, 2.45) is 5.92 Å². The van der Waals surface area contributed by atoms with Crippen LogP contribution in [0.25, 0.3) is 11.4 Å². The minimum Gasteiger partial charge on any atom is -0.338 e. The second kappa shape index (κ2) is 8.98. The second-order valence-corrected chi connectivity index (χ2v) is 8.24. The van der Waals surface area contributed by atoms with Gasteiger partial charge in [0.1, 0.15) is 0 Å². The van der Waals surface area contributed by atoms with Crippen LogP contribution in [0.3, 0.4) is 0 Å². The van der Waals surface area contributed by atoms with Gasteiger partial charge in [0.05, 0.1) is 6.54 Å². The Balaban J connectivity index is 1.31. The average Bonchev–Trinajstić information content (AvgIpc) is 3.20. The molecular formula is C23H25ClN4O2. The van der Waals surface area contributed by atoms with Gasteiger partial charge in [0.15, 0.2) is 0 Å². The van der Waals surface area contributed by atoms with Gasteiger partial charge in [0.2, 0.25) is 17.6 Å². The number of nitrogens with zero attached hydrogens (tertiary/aromatic N) is 3. The highest BCUT2D eigenvalue weighted by molar-refractivity contribution is 6.31. The number of anilines is 1. The van der Waals surface area contributed by atoms with E-state index in [0.29, 0.717) is 23.3 Å². The molecule has 0 bridgehead atoms. The van der Waals surface area contributed by atoms with E-state index < -0.39 is 0 Å². The zero-order valence-corrected chi connectivity index (χ0v) is 17.9. The molecule has 3 aromatic rings. The van der Waals surface area contributed by atoms with Gasteiger partial charge in [-0.05, 0) is 63.5 Å². The van der Waals surface area contributed by atoms with Gasteiger partial charge in [-0.3, -0.25) is 9.69 Å². The molecule has 0 radical (unpaired) electrons. The first kappa shape index (κ1) is 20.6. The molecule has 4 rings (SSSR count). The van der Waals surface area contributed by atoms with Gasteiger partial charge >= 0.3 is 0 Å². The van der Waals surface area contributed by atoms with Crippen molar-refractivity contribution in [1.29, 1.82) is 0 Å². The second-order valence-electron chi connectivity index (χ2n) is 7.83. The van der Waals surface area contributed by atoms with Crippen LogP contribution in [0.5, 0.6) is 0 Å². The number of likely N-dealkylation sites (tertiary alicyclic amines) is 1. The van der Waals surface area contributed by atoms with Gasteiger partial charge < -0.3 is 9.84 Å². The normalized spacial score (nSPS) is 15.3. The summed E-state index contributed by atoms with van der Waals surface area (Å²) in [5.41, 5.74) is 3.79. The number of hydrogen-bond acceptors (Lipinski definition) is 5. The lowest BCUT2D eigenvalue weighted by Gasteiger charge is -2.30. The molecule has 1 fully saturated rings. The maximum absolute atomic E-state index is 12.7. The Hall–Kier alpha value is -2.70. The fourth-order valence-corrected chi connectivity index (χ4v) is 3.92. The number of hydrogen-bond donors (Lipinski definition) is 1. The first-order valence-corrected chi connectivity index (χ1v) is 10.6. The average molecular weight is 425 g/mol. The summed E-state index contributed by atoms with van der Waals surface area (Å²) in [6, 6.07) is 13.6. The van der Waals surface area contributed by atoms with Crippen molar-refractivity contribution in [1.82, 2.24) is 15.0 Å². The molecule has 0 unspecified atom stereocenters. The highest BCUT2D eigenvalue weighted by atomic mass is 35.5. The highest BCUT2D eigenvalue weighted by Crippen LogP contribution is 2.26. The number of amides is 1.